The van der Waals surface area contributed by atoms with Gasteiger partial charge in [-0.3, -0.25) is 0 Å². The lowest BCUT2D eigenvalue weighted by molar-refractivity contribution is 0.100. The molecule has 2 N–H and O–H groups in total. The molecule has 1 aromatic carbocycles. The second-order valence-corrected chi connectivity index (χ2v) is 7.26. The maximum absolute atomic E-state index is 6.01. The molecule has 106 valence electrons. The largest absolute Gasteiger partial charge is 0.381 e. The quantitative estimate of drug-likeness (QED) is 0.877. The van der Waals surface area contributed by atoms with Crippen molar-refractivity contribution < 1.29 is 4.74 Å². The standard InChI is InChI=1S/C15H22BrNOS/c1-2-12(17)9-11-3-4-15(14(16)10-11)19-13-5-7-18-8-6-13/h3-4,10,12-13H,2,5-9,17H2,1H3. The summed E-state index contributed by atoms with van der Waals surface area (Å²) < 4.78 is 6.60. The average molecular weight is 344 g/mol. The van der Waals surface area contributed by atoms with Crippen LogP contribution in [0.5, 0.6) is 0 Å². The van der Waals surface area contributed by atoms with E-state index >= 15 is 0 Å². The molecule has 0 saturated carbocycles. The van der Waals surface area contributed by atoms with Gasteiger partial charge in [0.2, 0.25) is 0 Å². The van der Waals surface area contributed by atoms with Crippen LogP contribution in [0.25, 0.3) is 0 Å². The molecule has 0 aromatic heterocycles. The zero-order valence-electron chi connectivity index (χ0n) is 11.4. The summed E-state index contributed by atoms with van der Waals surface area (Å²) in [6, 6.07) is 6.92. The molecule has 1 heterocycles. The molecule has 2 nitrogen and oxygen atoms in total. The molecule has 1 aromatic rings. The van der Waals surface area contributed by atoms with Gasteiger partial charge in [0.15, 0.2) is 0 Å². The van der Waals surface area contributed by atoms with Crippen molar-refractivity contribution in [2.75, 3.05) is 13.2 Å². The summed E-state index contributed by atoms with van der Waals surface area (Å²) in [6.07, 6.45) is 4.28. The summed E-state index contributed by atoms with van der Waals surface area (Å²) >= 11 is 5.66. The Kier molecular flexibility index (Phi) is 6.20. The second-order valence-electron chi connectivity index (χ2n) is 5.07. The van der Waals surface area contributed by atoms with Gasteiger partial charge < -0.3 is 10.5 Å². The molecule has 2 rings (SSSR count). The third-order valence-electron chi connectivity index (χ3n) is 3.48. The third kappa shape index (κ3) is 4.78. The van der Waals surface area contributed by atoms with Crippen molar-refractivity contribution in [1.82, 2.24) is 0 Å². The van der Waals surface area contributed by atoms with Crippen LogP contribution < -0.4 is 5.73 Å². The molecular formula is C15H22BrNOS. The van der Waals surface area contributed by atoms with Crippen LogP contribution in [0, 0.1) is 0 Å². The lowest BCUT2D eigenvalue weighted by atomic mass is 10.1. The van der Waals surface area contributed by atoms with Gasteiger partial charge in [-0.05, 0) is 59.3 Å². The molecule has 0 amide bonds. The van der Waals surface area contributed by atoms with E-state index in [0.29, 0.717) is 5.25 Å². The summed E-state index contributed by atoms with van der Waals surface area (Å²) in [4.78, 5) is 1.33. The molecule has 1 fully saturated rings. The number of hydrogen-bond donors (Lipinski definition) is 1. The van der Waals surface area contributed by atoms with Crippen LogP contribution in [0.4, 0.5) is 0 Å². The maximum Gasteiger partial charge on any atom is 0.0476 e. The van der Waals surface area contributed by atoms with Crippen LogP contribution in [0.3, 0.4) is 0 Å². The van der Waals surface area contributed by atoms with Gasteiger partial charge in [-0.1, -0.05) is 13.0 Å². The molecule has 0 spiro atoms. The Morgan fingerprint density at radius 1 is 1.42 bits per heavy atom. The highest BCUT2D eigenvalue weighted by Gasteiger charge is 2.16. The maximum atomic E-state index is 6.01. The minimum absolute atomic E-state index is 0.265. The van der Waals surface area contributed by atoms with Crippen LogP contribution in [-0.2, 0) is 11.2 Å². The van der Waals surface area contributed by atoms with Crippen LogP contribution in [0.2, 0.25) is 0 Å². The summed E-state index contributed by atoms with van der Waals surface area (Å²) in [5, 5.41) is 0.689. The molecule has 0 aliphatic carbocycles. The summed E-state index contributed by atoms with van der Waals surface area (Å²) in [5.74, 6) is 0. The van der Waals surface area contributed by atoms with Gasteiger partial charge in [0.05, 0.1) is 0 Å². The number of ether oxygens (including phenoxy) is 1. The highest BCUT2D eigenvalue weighted by atomic mass is 79.9. The van der Waals surface area contributed by atoms with E-state index in [-0.39, 0.29) is 6.04 Å². The van der Waals surface area contributed by atoms with Crippen molar-refractivity contribution in [2.24, 2.45) is 5.73 Å². The van der Waals surface area contributed by atoms with E-state index in [2.05, 4.69) is 41.1 Å². The van der Waals surface area contributed by atoms with Crippen molar-refractivity contribution in [3.8, 4) is 0 Å². The molecule has 4 heteroatoms. The monoisotopic (exact) mass is 343 g/mol. The van der Waals surface area contributed by atoms with Gasteiger partial charge in [-0.2, -0.15) is 0 Å². The Balaban J connectivity index is 1.98. The number of thioether (sulfide) groups is 1. The number of benzene rings is 1. The summed E-state index contributed by atoms with van der Waals surface area (Å²) in [6.45, 7) is 3.94. The minimum atomic E-state index is 0.265. The third-order valence-corrected chi connectivity index (χ3v) is 5.81. The Labute approximate surface area is 128 Å². The first kappa shape index (κ1) is 15.4. The van der Waals surface area contributed by atoms with E-state index in [1.54, 1.807) is 0 Å². The molecule has 19 heavy (non-hydrogen) atoms. The number of hydrogen-bond acceptors (Lipinski definition) is 3. The lowest BCUT2D eigenvalue weighted by Crippen LogP contribution is -2.21. The molecule has 0 bridgehead atoms. The van der Waals surface area contributed by atoms with Crippen molar-refractivity contribution in [1.29, 1.82) is 0 Å². The minimum Gasteiger partial charge on any atom is -0.381 e. The van der Waals surface area contributed by atoms with E-state index in [1.807, 2.05) is 11.8 Å². The molecule has 0 radical (unpaired) electrons. The summed E-state index contributed by atoms with van der Waals surface area (Å²) in [7, 11) is 0. The molecular weight excluding hydrogens is 322 g/mol. The molecule has 1 aliphatic rings. The van der Waals surface area contributed by atoms with Crippen molar-refractivity contribution >= 4 is 27.7 Å². The Hall–Kier alpha value is -0.0300. The molecule has 1 atom stereocenters. The number of rotatable bonds is 5. The topological polar surface area (TPSA) is 35.2 Å². The SMILES string of the molecule is CCC(N)Cc1ccc(SC2CCOCC2)c(Br)c1. The van der Waals surface area contributed by atoms with Crippen LogP contribution >= 0.6 is 27.7 Å². The van der Waals surface area contributed by atoms with Crippen LogP contribution in [0.1, 0.15) is 31.7 Å². The smallest absolute Gasteiger partial charge is 0.0476 e. The fourth-order valence-electron chi connectivity index (χ4n) is 2.19. The predicted molar refractivity (Wildman–Crippen MR) is 85.8 cm³/mol. The highest BCUT2D eigenvalue weighted by molar-refractivity contribution is 9.10. The first-order chi connectivity index (χ1) is 9.19. The van der Waals surface area contributed by atoms with Gasteiger partial charge in [-0.15, -0.1) is 11.8 Å². The first-order valence-corrected chi connectivity index (χ1v) is 8.64. The van der Waals surface area contributed by atoms with Crippen LogP contribution in [0.15, 0.2) is 27.6 Å². The van der Waals surface area contributed by atoms with E-state index in [4.69, 9.17) is 10.5 Å². The van der Waals surface area contributed by atoms with Crippen molar-refractivity contribution in [3.63, 3.8) is 0 Å². The fraction of sp³-hybridized carbons (Fsp3) is 0.600. The number of nitrogens with two attached hydrogens (primary N) is 1. The van der Waals surface area contributed by atoms with E-state index in [1.165, 1.54) is 14.9 Å². The van der Waals surface area contributed by atoms with E-state index < -0.39 is 0 Å². The Morgan fingerprint density at radius 3 is 2.79 bits per heavy atom. The van der Waals surface area contributed by atoms with E-state index in [0.717, 1.165) is 38.9 Å². The summed E-state index contributed by atoms with van der Waals surface area (Å²) in [5.41, 5.74) is 7.33. The molecule has 1 saturated heterocycles. The normalized spacial score (nSPS) is 18.5. The van der Waals surface area contributed by atoms with Crippen LogP contribution in [-0.4, -0.2) is 24.5 Å². The Bertz CT molecular complexity index is 407. The molecule has 1 unspecified atom stereocenters. The average Bonchev–Trinajstić information content (AvgIpc) is 2.43. The van der Waals surface area contributed by atoms with Gasteiger partial charge in [0, 0.05) is 33.9 Å². The van der Waals surface area contributed by atoms with Gasteiger partial charge in [-0.25, -0.2) is 0 Å². The zero-order chi connectivity index (χ0) is 13.7. The molecule has 1 aliphatic heterocycles. The lowest BCUT2D eigenvalue weighted by Gasteiger charge is -2.22. The van der Waals surface area contributed by atoms with E-state index in [9.17, 15) is 0 Å². The van der Waals surface area contributed by atoms with Crippen molar-refractivity contribution in [3.05, 3.63) is 28.2 Å². The zero-order valence-corrected chi connectivity index (χ0v) is 13.8. The number of halogens is 1. The van der Waals surface area contributed by atoms with Gasteiger partial charge >= 0.3 is 0 Å². The first-order valence-electron chi connectivity index (χ1n) is 6.97. The fourth-order valence-corrected chi connectivity index (χ4v) is 4.00. The predicted octanol–water partition coefficient (Wildman–Crippen LogP) is 4.00. The van der Waals surface area contributed by atoms with Gasteiger partial charge in [0.25, 0.3) is 0 Å². The Morgan fingerprint density at radius 2 is 2.16 bits per heavy atom. The van der Waals surface area contributed by atoms with Gasteiger partial charge in [0.1, 0.15) is 0 Å². The second kappa shape index (κ2) is 7.67. The highest BCUT2D eigenvalue weighted by Crippen LogP contribution is 2.35. The van der Waals surface area contributed by atoms with Crippen molar-refractivity contribution in [2.45, 2.75) is 48.8 Å².